The predicted octanol–water partition coefficient (Wildman–Crippen LogP) is 0.517. The molecule has 1 rings (SSSR count). The van der Waals surface area contributed by atoms with E-state index in [2.05, 4.69) is 12.2 Å². The normalized spacial score (nSPS) is 32.3. The van der Waals surface area contributed by atoms with E-state index in [9.17, 15) is 15.3 Å². The monoisotopic (exact) mass is 319 g/mol. The fraction of sp³-hybridized carbons (Fsp3) is 1.00. The Balaban J connectivity index is 2.11. The van der Waals surface area contributed by atoms with Crippen molar-refractivity contribution in [2.24, 2.45) is 0 Å². The van der Waals surface area contributed by atoms with E-state index < -0.39 is 30.6 Å². The minimum absolute atomic E-state index is 0.388. The van der Waals surface area contributed by atoms with Gasteiger partial charge in [-0.2, -0.15) is 0 Å². The number of aliphatic hydroxyl groups is 4. The van der Waals surface area contributed by atoms with Gasteiger partial charge in [0, 0.05) is 0 Å². The molecule has 0 bridgehead atoms. The van der Waals surface area contributed by atoms with E-state index >= 15 is 0 Å². The van der Waals surface area contributed by atoms with Crippen molar-refractivity contribution < 1.29 is 25.2 Å². The first kappa shape index (κ1) is 19.8. The van der Waals surface area contributed by atoms with Gasteiger partial charge in [-0.05, 0) is 13.0 Å². The van der Waals surface area contributed by atoms with E-state index in [1.807, 2.05) is 0 Å². The first-order valence-corrected chi connectivity index (χ1v) is 8.65. The van der Waals surface area contributed by atoms with Crippen LogP contribution < -0.4 is 5.32 Å². The quantitative estimate of drug-likeness (QED) is 0.356. The van der Waals surface area contributed by atoms with Crippen molar-refractivity contribution in [3.05, 3.63) is 0 Å². The summed E-state index contributed by atoms with van der Waals surface area (Å²) in [5.41, 5.74) is 0. The molecule has 0 unspecified atom stereocenters. The molecule has 0 spiro atoms. The van der Waals surface area contributed by atoms with Crippen LogP contribution in [0.2, 0.25) is 0 Å². The molecule has 0 aromatic heterocycles. The molecule has 5 N–H and O–H groups in total. The Hall–Kier alpha value is -0.240. The van der Waals surface area contributed by atoms with Gasteiger partial charge in [-0.25, -0.2) is 0 Å². The largest absolute Gasteiger partial charge is 0.394 e. The number of rotatable bonds is 11. The summed E-state index contributed by atoms with van der Waals surface area (Å²) < 4.78 is 5.38. The van der Waals surface area contributed by atoms with Gasteiger partial charge >= 0.3 is 0 Å². The highest BCUT2D eigenvalue weighted by Crippen LogP contribution is 2.19. The molecular formula is C16H33NO5. The zero-order valence-electron chi connectivity index (χ0n) is 13.7. The fourth-order valence-electron chi connectivity index (χ4n) is 2.77. The highest BCUT2D eigenvalue weighted by molar-refractivity contribution is 4.90. The maximum absolute atomic E-state index is 9.87. The van der Waals surface area contributed by atoms with Crippen molar-refractivity contribution >= 4 is 0 Å². The molecule has 132 valence electrons. The molecule has 22 heavy (non-hydrogen) atoms. The molecule has 0 aromatic carbocycles. The topological polar surface area (TPSA) is 102 Å². The molecule has 5 atom stereocenters. The van der Waals surface area contributed by atoms with E-state index in [1.165, 1.54) is 38.5 Å². The Morgan fingerprint density at radius 2 is 1.41 bits per heavy atom. The summed E-state index contributed by atoms with van der Waals surface area (Å²) in [6, 6.07) is 0. The molecule has 1 aliphatic rings. The third kappa shape index (κ3) is 6.48. The van der Waals surface area contributed by atoms with Gasteiger partial charge in [-0.3, -0.25) is 5.32 Å². The number of nitrogens with one attached hydrogen (secondary N) is 1. The Bertz CT molecular complexity index is 277. The summed E-state index contributed by atoms with van der Waals surface area (Å²) in [6.45, 7) is 2.50. The van der Waals surface area contributed by atoms with Crippen LogP contribution in [0, 0.1) is 0 Å². The van der Waals surface area contributed by atoms with E-state index in [-0.39, 0.29) is 6.61 Å². The summed E-state index contributed by atoms with van der Waals surface area (Å²) in [6.07, 6.45) is 4.40. The first-order valence-electron chi connectivity index (χ1n) is 8.65. The maximum atomic E-state index is 9.87. The maximum Gasteiger partial charge on any atom is 0.137 e. The summed E-state index contributed by atoms with van der Waals surface area (Å²) >= 11 is 0. The number of hydrogen-bond donors (Lipinski definition) is 5. The first-order chi connectivity index (χ1) is 10.6. The standard InChI is InChI=1S/C16H33NO5/c1-2-3-4-5-6-7-8-9-10-17-16-15(21)14(20)13(19)12(11-18)22-16/h12-21H,2-11H2,1H3/t12-,13-,14+,15-,16-/m1/s1. The molecule has 1 fully saturated rings. The average molecular weight is 319 g/mol. The van der Waals surface area contributed by atoms with Crippen molar-refractivity contribution in [2.75, 3.05) is 13.2 Å². The molecule has 0 aromatic rings. The van der Waals surface area contributed by atoms with Gasteiger partial charge in [0.2, 0.25) is 0 Å². The average Bonchev–Trinajstić information content (AvgIpc) is 2.53. The van der Waals surface area contributed by atoms with Crippen LogP contribution in [0.25, 0.3) is 0 Å². The van der Waals surface area contributed by atoms with Crippen LogP contribution in [-0.2, 0) is 4.74 Å². The van der Waals surface area contributed by atoms with E-state index in [1.54, 1.807) is 0 Å². The van der Waals surface area contributed by atoms with Gasteiger partial charge in [0.25, 0.3) is 0 Å². The Kier molecular flexibility index (Phi) is 10.2. The van der Waals surface area contributed by atoms with Crippen molar-refractivity contribution in [2.45, 2.75) is 88.9 Å². The van der Waals surface area contributed by atoms with Crippen LogP contribution in [0.5, 0.6) is 0 Å². The Morgan fingerprint density at radius 1 is 0.818 bits per heavy atom. The van der Waals surface area contributed by atoms with Crippen molar-refractivity contribution in [3.63, 3.8) is 0 Å². The van der Waals surface area contributed by atoms with Crippen LogP contribution in [-0.4, -0.2) is 64.2 Å². The van der Waals surface area contributed by atoms with Crippen LogP contribution in [0.4, 0.5) is 0 Å². The summed E-state index contributed by atoms with van der Waals surface area (Å²) in [5.74, 6) is 0. The van der Waals surface area contributed by atoms with Crippen LogP contribution in [0.3, 0.4) is 0 Å². The zero-order chi connectivity index (χ0) is 16.4. The van der Waals surface area contributed by atoms with Crippen LogP contribution >= 0.6 is 0 Å². The van der Waals surface area contributed by atoms with Crippen LogP contribution in [0.15, 0.2) is 0 Å². The van der Waals surface area contributed by atoms with E-state index in [0.29, 0.717) is 6.54 Å². The van der Waals surface area contributed by atoms with Crippen LogP contribution in [0.1, 0.15) is 58.3 Å². The molecular weight excluding hydrogens is 286 g/mol. The number of hydrogen-bond acceptors (Lipinski definition) is 6. The fourth-order valence-corrected chi connectivity index (χ4v) is 2.77. The lowest BCUT2D eigenvalue weighted by molar-refractivity contribution is -0.236. The smallest absolute Gasteiger partial charge is 0.137 e. The highest BCUT2D eigenvalue weighted by Gasteiger charge is 2.42. The number of unbranched alkanes of at least 4 members (excludes halogenated alkanes) is 7. The van der Waals surface area contributed by atoms with Gasteiger partial charge in [0.05, 0.1) is 6.61 Å². The molecule has 6 heteroatoms. The molecule has 1 saturated heterocycles. The van der Waals surface area contributed by atoms with Crippen molar-refractivity contribution in [1.82, 2.24) is 5.32 Å². The zero-order valence-corrected chi connectivity index (χ0v) is 13.7. The van der Waals surface area contributed by atoms with Gasteiger partial charge in [0.15, 0.2) is 0 Å². The lowest BCUT2D eigenvalue weighted by Gasteiger charge is -2.40. The van der Waals surface area contributed by atoms with E-state index in [0.717, 1.165) is 12.8 Å². The molecule has 0 amide bonds. The van der Waals surface area contributed by atoms with Gasteiger partial charge in [-0.15, -0.1) is 0 Å². The minimum atomic E-state index is -1.30. The van der Waals surface area contributed by atoms with E-state index in [4.69, 9.17) is 9.84 Å². The van der Waals surface area contributed by atoms with Crippen molar-refractivity contribution in [1.29, 1.82) is 0 Å². The molecule has 1 aliphatic heterocycles. The molecule has 0 saturated carbocycles. The lowest BCUT2D eigenvalue weighted by Crippen LogP contribution is -2.62. The molecule has 0 aliphatic carbocycles. The molecule has 1 heterocycles. The predicted molar refractivity (Wildman–Crippen MR) is 84.4 cm³/mol. The lowest BCUT2D eigenvalue weighted by atomic mass is 9.98. The Morgan fingerprint density at radius 3 is 2.00 bits per heavy atom. The Labute approximate surface area is 133 Å². The minimum Gasteiger partial charge on any atom is -0.394 e. The third-order valence-corrected chi connectivity index (χ3v) is 4.27. The molecule has 0 radical (unpaired) electrons. The van der Waals surface area contributed by atoms with Crippen molar-refractivity contribution in [3.8, 4) is 0 Å². The SMILES string of the molecule is CCCCCCCCCCN[C@@H]1O[C@H](CO)[C@@H](O)[C@H](O)[C@H]1O. The summed E-state index contributed by atoms with van der Waals surface area (Å²) in [4.78, 5) is 0. The highest BCUT2D eigenvalue weighted by atomic mass is 16.6. The summed E-state index contributed by atoms with van der Waals surface area (Å²) in [5, 5.41) is 41.4. The summed E-state index contributed by atoms with van der Waals surface area (Å²) in [7, 11) is 0. The van der Waals surface area contributed by atoms with Gasteiger partial charge in [0.1, 0.15) is 30.6 Å². The number of aliphatic hydroxyl groups excluding tert-OH is 4. The second-order valence-electron chi connectivity index (χ2n) is 6.18. The second kappa shape index (κ2) is 11.3. The molecule has 6 nitrogen and oxygen atoms in total. The van der Waals surface area contributed by atoms with Gasteiger partial charge in [-0.1, -0.05) is 51.9 Å². The third-order valence-electron chi connectivity index (χ3n) is 4.27. The second-order valence-corrected chi connectivity index (χ2v) is 6.18. The number of ether oxygens (including phenoxy) is 1. The van der Waals surface area contributed by atoms with Gasteiger partial charge < -0.3 is 25.2 Å².